The highest BCUT2D eigenvalue weighted by Crippen LogP contribution is 2.28. The van der Waals surface area contributed by atoms with Crippen molar-refractivity contribution in [3.63, 3.8) is 0 Å². The lowest BCUT2D eigenvalue weighted by atomic mass is 9.87. The summed E-state index contributed by atoms with van der Waals surface area (Å²) in [6, 6.07) is 7.13. The van der Waals surface area contributed by atoms with Crippen LogP contribution >= 0.6 is 0 Å². The fourth-order valence-electron chi connectivity index (χ4n) is 3.16. The predicted molar refractivity (Wildman–Crippen MR) is 98.3 cm³/mol. The van der Waals surface area contributed by atoms with E-state index in [1.807, 2.05) is 33.8 Å². The molecule has 25 heavy (non-hydrogen) atoms. The molecule has 0 unspecified atom stereocenters. The molecule has 1 aromatic carbocycles. The zero-order valence-corrected chi connectivity index (χ0v) is 16.4. The second kappa shape index (κ2) is 7.77. The lowest BCUT2D eigenvalue weighted by molar-refractivity contribution is 0.0488. The van der Waals surface area contributed by atoms with E-state index in [1.54, 1.807) is 18.2 Å². The van der Waals surface area contributed by atoms with Gasteiger partial charge in [-0.3, -0.25) is 0 Å². The third-order valence-corrected chi connectivity index (χ3v) is 6.25. The van der Waals surface area contributed by atoms with E-state index in [0.29, 0.717) is 4.90 Å². The highest BCUT2D eigenvalue weighted by Gasteiger charge is 2.28. The lowest BCUT2D eigenvalue weighted by Gasteiger charge is -2.30. The van der Waals surface area contributed by atoms with Crippen molar-refractivity contribution in [1.82, 2.24) is 5.32 Å². The van der Waals surface area contributed by atoms with Crippen molar-refractivity contribution in [2.45, 2.75) is 69.9 Å². The van der Waals surface area contributed by atoms with Gasteiger partial charge in [-0.15, -0.1) is 0 Å². The van der Waals surface area contributed by atoms with E-state index in [4.69, 9.17) is 4.74 Å². The van der Waals surface area contributed by atoms with Crippen molar-refractivity contribution < 1.29 is 17.9 Å². The Balaban J connectivity index is 1.85. The van der Waals surface area contributed by atoms with Gasteiger partial charge in [0, 0.05) is 6.04 Å². The molecule has 1 amide bonds. The number of amides is 1. The second-order valence-electron chi connectivity index (χ2n) is 7.96. The van der Waals surface area contributed by atoms with Crippen LogP contribution in [0.25, 0.3) is 0 Å². The summed E-state index contributed by atoms with van der Waals surface area (Å²) in [4.78, 5) is 12.2. The van der Waals surface area contributed by atoms with Gasteiger partial charge >= 0.3 is 6.09 Å². The molecule has 0 saturated heterocycles. The highest BCUT2D eigenvalue weighted by atomic mass is 32.2. The topological polar surface area (TPSA) is 72.5 Å². The number of nitrogens with one attached hydrogen (secondary N) is 1. The number of benzene rings is 1. The Bertz CT molecular complexity index is 698. The molecular weight excluding hydrogens is 338 g/mol. The van der Waals surface area contributed by atoms with Gasteiger partial charge in [0.05, 0.1) is 10.6 Å². The number of ether oxygens (including phenoxy) is 1. The van der Waals surface area contributed by atoms with Crippen LogP contribution in [-0.2, 0) is 14.6 Å². The minimum Gasteiger partial charge on any atom is -0.444 e. The minimum absolute atomic E-state index is 0.0628. The van der Waals surface area contributed by atoms with Crippen molar-refractivity contribution in [1.29, 1.82) is 0 Å². The normalized spacial score (nSPS) is 21.6. The van der Waals surface area contributed by atoms with Gasteiger partial charge in [-0.2, -0.15) is 0 Å². The summed E-state index contributed by atoms with van der Waals surface area (Å²) >= 11 is 0. The summed E-state index contributed by atoms with van der Waals surface area (Å²) in [5, 5.41) is 2.89. The fourth-order valence-corrected chi connectivity index (χ4v) is 4.96. The monoisotopic (exact) mass is 367 g/mol. The van der Waals surface area contributed by atoms with E-state index >= 15 is 0 Å². The Morgan fingerprint density at radius 1 is 1.20 bits per heavy atom. The van der Waals surface area contributed by atoms with Crippen LogP contribution in [-0.4, -0.2) is 31.9 Å². The van der Waals surface area contributed by atoms with Crippen molar-refractivity contribution >= 4 is 15.9 Å². The summed E-state index contributed by atoms with van der Waals surface area (Å²) < 4.78 is 30.4. The van der Waals surface area contributed by atoms with E-state index in [9.17, 15) is 13.2 Å². The molecule has 0 heterocycles. The van der Waals surface area contributed by atoms with Crippen LogP contribution in [0.4, 0.5) is 4.79 Å². The number of sulfone groups is 1. The van der Waals surface area contributed by atoms with Gasteiger partial charge in [-0.05, 0) is 77.0 Å². The van der Waals surface area contributed by atoms with Crippen LogP contribution in [0, 0.1) is 12.8 Å². The maximum absolute atomic E-state index is 12.6. The first-order valence-corrected chi connectivity index (χ1v) is 10.5. The largest absolute Gasteiger partial charge is 0.444 e. The Labute approximate surface area is 151 Å². The molecule has 1 saturated carbocycles. The van der Waals surface area contributed by atoms with Crippen LogP contribution < -0.4 is 5.32 Å². The number of alkyl carbamates (subject to hydrolysis) is 1. The standard InChI is InChI=1S/C19H29NO4S/c1-14-6-5-7-17(12-14)25(22,23)13-15-8-10-16(11-9-15)20-18(21)24-19(2,3)4/h5-7,12,15-16H,8-11,13H2,1-4H3,(H,20,21)/t15-,16-. The third kappa shape index (κ3) is 6.34. The first-order chi connectivity index (χ1) is 11.5. The summed E-state index contributed by atoms with van der Waals surface area (Å²) in [5.74, 6) is 0.317. The summed E-state index contributed by atoms with van der Waals surface area (Å²) in [7, 11) is -3.26. The summed E-state index contributed by atoms with van der Waals surface area (Å²) in [6.07, 6.45) is 2.76. The van der Waals surface area contributed by atoms with Crippen molar-refractivity contribution in [2.24, 2.45) is 5.92 Å². The SMILES string of the molecule is Cc1cccc(S(=O)(=O)C[C@H]2CC[C@H](NC(=O)OC(C)(C)C)CC2)c1. The summed E-state index contributed by atoms with van der Waals surface area (Å²) in [6.45, 7) is 7.39. The fraction of sp³-hybridized carbons (Fsp3) is 0.632. The molecule has 2 rings (SSSR count). The van der Waals surface area contributed by atoms with Gasteiger partial charge in [-0.1, -0.05) is 12.1 Å². The zero-order chi connectivity index (χ0) is 18.7. The third-order valence-electron chi connectivity index (χ3n) is 4.37. The van der Waals surface area contributed by atoms with Gasteiger partial charge in [0.1, 0.15) is 5.60 Å². The van der Waals surface area contributed by atoms with E-state index < -0.39 is 21.5 Å². The molecule has 0 bridgehead atoms. The average molecular weight is 368 g/mol. The van der Waals surface area contributed by atoms with Gasteiger partial charge in [0.2, 0.25) is 0 Å². The Hall–Kier alpha value is -1.56. The molecule has 0 spiro atoms. The van der Waals surface area contributed by atoms with Crippen LogP contribution in [0.3, 0.4) is 0 Å². The average Bonchev–Trinajstić information content (AvgIpc) is 2.47. The molecule has 1 aromatic rings. The molecular formula is C19H29NO4S. The van der Waals surface area contributed by atoms with E-state index in [0.717, 1.165) is 31.2 Å². The highest BCUT2D eigenvalue weighted by molar-refractivity contribution is 7.91. The first kappa shape index (κ1) is 19.8. The maximum atomic E-state index is 12.6. The van der Waals surface area contributed by atoms with Gasteiger partial charge in [0.25, 0.3) is 0 Å². The van der Waals surface area contributed by atoms with Crippen LogP contribution in [0.15, 0.2) is 29.2 Å². The number of rotatable bonds is 4. The number of aryl methyl sites for hydroxylation is 1. The van der Waals surface area contributed by atoms with Crippen LogP contribution in [0.1, 0.15) is 52.0 Å². The molecule has 0 aromatic heterocycles. The maximum Gasteiger partial charge on any atom is 0.407 e. The van der Waals surface area contributed by atoms with Gasteiger partial charge in [-0.25, -0.2) is 13.2 Å². The molecule has 6 heteroatoms. The molecule has 1 fully saturated rings. The van der Waals surface area contributed by atoms with Gasteiger partial charge in [0.15, 0.2) is 9.84 Å². The molecule has 140 valence electrons. The molecule has 0 atom stereocenters. The zero-order valence-electron chi connectivity index (χ0n) is 15.5. The molecule has 5 nitrogen and oxygen atoms in total. The molecule has 0 radical (unpaired) electrons. The van der Waals surface area contributed by atoms with Crippen molar-refractivity contribution in [2.75, 3.05) is 5.75 Å². The van der Waals surface area contributed by atoms with E-state index in [1.165, 1.54) is 0 Å². The molecule has 0 aliphatic heterocycles. The second-order valence-corrected chi connectivity index (χ2v) is 10.00. The smallest absolute Gasteiger partial charge is 0.407 e. The number of hydrogen-bond acceptors (Lipinski definition) is 4. The quantitative estimate of drug-likeness (QED) is 0.877. The molecule has 1 aliphatic rings. The predicted octanol–water partition coefficient (Wildman–Crippen LogP) is 3.85. The minimum atomic E-state index is -3.26. The van der Waals surface area contributed by atoms with E-state index in [-0.39, 0.29) is 17.7 Å². The van der Waals surface area contributed by atoms with Crippen LogP contribution in [0.5, 0.6) is 0 Å². The van der Waals surface area contributed by atoms with Gasteiger partial charge < -0.3 is 10.1 Å². The molecule has 1 aliphatic carbocycles. The number of carbonyl (C=O) groups is 1. The van der Waals surface area contributed by atoms with Crippen molar-refractivity contribution in [3.05, 3.63) is 29.8 Å². The Morgan fingerprint density at radius 2 is 1.84 bits per heavy atom. The van der Waals surface area contributed by atoms with Crippen LogP contribution in [0.2, 0.25) is 0 Å². The Kier molecular flexibility index (Phi) is 6.14. The first-order valence-electron chi connectivity index (χ1n) is 8.84. The lowest BCUT2D eigenvalue weighted by Crippen LogP contribution is -2.41. The van der Waals surface area contributed by atoms with Crippen molar-refractivity contribution in [3.8, 4) is 0 Å². The number of hydrogen-bond donors (Lipinski definition) is 1. The molecule has 1 N–H and O–H groups in total. The summed E-state index contributed by atoms with van der Waals surface area (Å²) in [5.41, 5.74) is 0.440. The Morgan fingerprint density at radius 3 is 2.40 bits per heavy atom. The van der Waals surface area contributed by atoms with E-state index in [2.05, 4.69) is 5.32 Å². The number of carbonyl (C=O) groups excluding carboxylic acids is 1.